The zero-order valence-electron chi connectivity index (χ0n) is 14.8. The molecule has 3 aromatic heterocycles. The smallest absolute Gasteiger partial charge is 0.303 e. The van der Waals surface area contributed by atoms with Crippen LogP contribution in [0.2, 0.25) is 0 Å². The Kier molecular flexibility index (Phi) is 4.74. The normalized spacial score (nSPS) is 15.2. The van der Waals surface area contributed by atoms with Crippen LogP contribution in [0.4, 0.5) is 0 Å². The van der Waals surface area contributed by atoms with E-state index in [1.165, 1.54) is 13.3 Å². The average Bonchev–Trinajstić information content (AvgIpc) is 3.09. The Morgan fingerprint density at radius 2 is 2.11 bits per heavy atom. The van der Waals surface area contributed by atoms with Crippen LogP contribution in [0.15, 0.2) is 49.2 Å². The summed E-state index contributed by atoms with van der Waals surface area (Å²) in [5.74, 6) is 0.136. The van der Waals surface area contributed by atoms with Crippen molar-refractivity contribution in [3.63, 3.8) is 0 Å². The predicted molar refractivity (Wildman–Crippen MR) is 96.7 cm³/mol. The van der Waals surface area contributed by atoms with Crippen LogP contribution in [0.1, 0.15) is 36.4 Å². The number of hydrogen-bond donors (Lipinski definition) is 0. The minimum atomic E-state index is -0.362. The Labute approximate surface area is 156 Å². The zero-order valence-corrected chi connectivity index (χ0v) is 14.8. The van der Waals surface area contributed by atoms with Crippen LogP contribution in [0.25, 0.3) is 11.1 Å². The Hall–Kier alpha value is -3.35. The Bertz CT molecular complexity index is 948. The zero-order chi connectivity index (χ0) is 18.6. The summed E-state index contributed by atoms with van der Waals surface area (Å²) < 4.78 is 11.3. The molecule has 0 spiro atoms. The molecule has 0 saturated carbocycles. The van der Waals surface area contributed by atoms with Crippen molar-refractivity contribution >= 4 is 5.97 Å². The molecule has 0 aliphatic heterocycles. The Morgan fingerprint density at radius 3 is 2.85 bits per heavy atom. The number of carbonyl (C=O) groups is 1. The molecule has 0 saturated heterocycles. The van der Waals surface area contributed by atoms with Crippen molar-refractivity contribution in [1.29, 1.82) is 0 Å². The highest BCUT2D eigenvalue weighted by atomic mass is 16.5. The van der Waals surface area contributed by atoms with Crippen LogP contribution < -0.4 is 4.74 Å². The van der Waals surface area contributed by atoms with Gasteiger partial charge in [-0.2, -0.15) is 0 Å². The van der Waals surface area contributed by atoms with Crippen molar-refractivity contribution in [3.8, 4) is 17.0 Å². The number of ether oxygens (including phenoxy) is 2. The summed E-state index contributed by atoms with van der Waals surface area (Å²) in [6, 6.07) is 7.54. The molecule has 0 amide bonds. The first kappa shape index (κ1) is 17.1. The van der Waals surface area contributed by atoms with E-state index in [1.54, 1.807) is 18.6 Å². The molecule has 4 rings (SSSR count). The van der Waals surface area contributed by atoms with Gasteiger partial charge >= 0.3 is 5.97 Å². The molecule has 7 heteroatoms. The number of nitrogens with zero attached hydrogens (tertiary/aromatic N) is 4. The third-order valence-electron chi connectivity index (χ3n) is 4.37. The van der Waals surface area contributed by atoms with E-state index in [-0.39, 0.29) is 12.1 Å². The van der Waals surface area contributed by atoms with Crippen LogP contribution in [-0.2, 0) is 22.6 Å². The monoisotopic (exact) mass is 362 g/mol. The van der Waals surface area contributed by atoms with E-state index in [4.69, 9.17) is 9.47 Å². The van der Waals surface area contributed by atoms with Gasteiger partial charge in [-0.1, -0.05) is 6.07 Å². The lowest BCUT2D eigenvalue weighted by atomic mass is 10.0. The molecule has 0 bridgehead atoms. The molecular weight excluding hydrogens is 344 g/mol. The van der Waals surface area contributed by atoms with E-state index in [0.717, 1.165) is 34.5 Å². The van der Waals surface area contributed by atoms with Crippen molar-refractivity contribution < 1.29 is 14.3 Å². The molecular formula is C20H18N4O3. The van der Waals surface area contributed by atoms with Crippen LogP contribution >= 0.6 is 0 Å². The highest BCUT2D eigenvalue weighted by Gasteiger charge is 2.30. The Morgan fingerprint density at radius 1 is 1.26 bits per heavy atom. The second-order valence-electron chi connectivity index (χ2n) is 6.25. The summed E-state index contributed by atoms with van der Waals surface area (Å²) >= 11 is 0. The maximum atomic E-state index is 11.5. The number of rotatable bonds is 5. The van der Waals surface area contributed by atoms with Crippen LogP contribution in [0, 0.1) is 0 Å². The predicted octanol–water partition coefficient (Wildman–Crippen LogP) is 3.06. The van der Waals surface area contributed by atoms with Gasteiger partial charge in [-0.15, -0.1) is 0 Å². The molecule has 3 heterocycles. The van der Waals surface area contributed by atoms with Crippen molar-refractivity contribution in [2.24, 2.45) is 0 Å². The lowest BCUT2D eigenvalue weighted by Crippen LogP contribution is -2.08. The van der Waals surface area contributed by atoms with Gasteiger partial charge in [0.25, 0.3) is 0 Å². The summed E-state index contributed by atoms with van der Waals surface area (Å²) in [5.41, 5.74) is 4.42. The summed E-state index contributed by atoms with van der Waals surface area (Å²) in [7, 11) is 0. The van der Waals surface area contributed by atoms with E-state index in [2.05, 4.69) is 19.9 Å². The van der Waals surface area contributed by atoms with Crippen LogP contribution in [0.5, 0.6) is 5.88 Å². The van der Waals surface area contributed by atoms with Gasteiger partial charge in [0.1, 0.15) is 19.0 Å². The fourth-order valence-electron chi connectivity index (χ4n) is 3.22. The number of aromatic nitrogens is 4. The van der Waals surface area contributed by atoms with Gasteiger partial charge in [0.2, 0.25) is 5.88 Å². The second kappa shape index (κ2) is 7.49. The average molecular weight is 362 g/mol. The highest BCUT2D eigenvalue weighted by Crippen LogP contribution is 2.40. The summed E-state index contributed by atoms with van der Waals surface area (Å²) in [4.78, 5) is 28.5. The van der Waals surface area contributed by atoms with Gasteiger partial charge in [-0.05, 0) is 36.1 Å². The maximum absolute atomic E-state index is 11.5. The summed E-state index contributed by atoms with van der Waals surface area (Å²) in [5, 5.41) is 0. The van der Waals surface area contributed by atoms with Crippen LogP contribution in [-0.4, -0.2) is 25.9 Å². The molecule has 136 valence electrons. The summed E-state index contributed by atoms with van der Waals surface area (Å²) in [6.45, 7) is 1.71. The van der Waals surface area contributed by atoms with E-state index >= 15 is 0 Å². The fourth-order valence-corrected chi connectivity index (χ4v) is 3.22. The van der Waals surface area contributed by atoms with E-state index in [0.29, 0.717) is 18.9 Å². The largest absolute Gasteiger partial charge is 0.471 e. The van der Waals surface area contributed by atoms with Gasteiger partial charge in [0.05, 0.1) is 11.4 Å². The van der Waals surface area contributed by atoms with Gasteiger partial charge in [-0.3, -0.25) is 9.78 Å². The van der Waals surface area contributed by atoms with Crippen molar-refractivity contribution in [3.05, 3.63) is 66.1 Å². The van der Waals surface area contributed by atoms with Gasteiger partial charge in [0.15, 0.2) is 0 Å². The third-order valence-corrected chi connectivity index (χ3v) is 4.37. The molecule has 1 atom stereocenters. The molecule has 3 aromatic rings. The first-order chi connectivity index (χ1) is 13.2. The molecule has 1 aliphatic carbocycles. The molecule has 1 aliphatic rings. The quantitative estimate of drug-likeness (QED) is 0.645. The topological polar surface area (TPSA) is 87.1 Å². The highest BCUT2D eigenvalue weighted by molar-refractivity contribution is 5.70. The van der Waals surface area contributed by atoms with Crippen LogP contribution in [0.3, 0.4) is 0 Å². The van der Waals surface area contributed by atoms with Crippen molar-refractivity contribution in [2.75, 3.05) is 0 Å². The SMILES string of the molecule is CC(=O)OC1CCc2c(-c3cncnc3)cc(OCc3ccccn3)nc21. The fraction of sp³-hybridized carbons (Fsp3) is 0.250. The second-order valence-corrected chi connectivity index (χ2v) is 6.25. The van der Waals surface area contributed by atoms with E-state index in [9.17, 15) is 4.79 Å². The lowest BCUT2D eigenvalue weighted by molar-refractivity contribution is -0.146. The first-order valence-corrected chi connectivity index (χ1v) is 8.70. The maximum Gasteiger partial charge on any atom is 0.303 e. The standard InChI is InChI=1S/C20H18N4O3/c1-13(25)27-18-6-5-16-17(14-9-21-12-22-10-14)8-19(24-20(16)18)26-11-15-4-2-3-7-23-15/h2-4,7-10,12,18H,5-6,11H2,1H3. The van der Waals surface area contributed by atoms with Gasteiger partial charge < -0.3 is 9.47 Å². The van der Waals surface area contributed by atoms with Gasteiger partial charge in [-0.25, -0.2) is 15.0 Å². The molecule has 0 aromatic carbocycles. The molecule has 27 heavy (non-hydrogen) atoms. The molecule has 7 nitrogen and oxygen atoms in total. The third kappa shape index (κ3) is 3.76. The van der Waals surface area contributed by atoms with Crippen molar-refractivity contribution in [2.45, 2.75) is 32.5 Å². The number of pyridine rings is 2. The molecule has 0 fully saturated rings. The number of hydrogen-bond acceptors (Lipinski definition) is 7. The van der Waals surface area contributed by atoms with Crippen molar-refractivity contribution in [1.82, 2.24) is 19.9 Å². The minimum Gasteiger partial charge on any atom is -0.471 e. The number of carbonyl (C=O) groups excluding carboxylic acids is 1. The first-order valence-electron chi connectivity index (χ1n) is 8.70. The number of esters is 1. The lowest BCUT2D eigenvalue weighted by Gasteiger charge is -2.15. The molecule has 0 N–H and O–H groups in total. The molecule has 1 unspecified atom stereocenters. The minimum absolute atomic E-state index is 0.301. The molecule has 0 radical (unpaired) electrons. The van der Waals surface area contributed by atoms with E-state index in [1.807, 2.05) is 24.3 Å². The van der Waals surface area contributed by atoms with E-state index < -0.39 is 0 Å². The number of fused-ring (bicyclic) bond motifs is 1. The van der Waals surface area contributed by atoms with Gasteiger partial charge in [0, 0.05) is 37.1 Å². The summed E-state index contributed by atoms with van der Waals surface area (Å²) in [6.07, 6.45) is 7.83. The Balaban J connectivity index is 1.70.